The van der Waals surface area contributed by atoms with Crippen LogP contribution in [0.15, 0.2) is 200 Å². The van der Waals surface area contributed by atoms with E-state index in [9.17, 15) is 0 Å². The van der Waals surface area contributed by atoms with Crippen LogP contribution < -0.4 is 0 Å². The number of pyridine rings is 1. The molecule has 9 aromatic carbocycles. The van der Waals surface area contributed by atoms with E-state index in [4.69, 9.17) is 4.98 Å². The van der Waals surface area contributed by atoms with Crippen molar-refractivity contribution in [3.63, 3.8) is 0 Å². The third kappa shape index (κ3) is 4.55. The van der Waals surface area contributed by atoms with Crippen molar-refractivity contribution in [1.29, 1.82) is 0 Å². The molecule has 12 rings (SSSR count). The number of rotatable bonds is 4. The molecule has 0 bridgehead atoms. The summed E-state index contributed by atoms with van der Waals surface area (Å²) in [5.41, 5.74) is 11.5. The van der Waals surface area contributed by atoms with Crippen LogP contribution in [-0.4, -0.2) is 14.1 Å². The molecule has 260 valence electrons. The van der Waals surface area contributed by atoms with Crippen molar-refractivity contribution in [3.05, 3.63) is 200 Å². The van der Waals surface area contributed by atoms with E-state index in [2.05, 4.69) is 203 Å². The lowest BCUT2D eigenvalue weighted by Gasteiger charge is -2.14. The van der Waals surface area contributed by atoms with Crippen LogP contribution in [0.25, 0.3) is 110 Å². The summed E-state index contributed by atoms with van der Waals surface area (Å²) in [6, 6.07) is 70.5. The second-order valence-electron chi connectivity index (χ2n) is 14.8. The molecule has 0 N–H and O–H groups in total. The van der Waals surface area contributed by atoms with E-state index < -0.39 is 0 Å². The third-order valence-electron chi connectivity index (χ3n) is 11.7. The van der Waals surface area contributed by atoms with Crippen LogP contribution >= 0.6 is 0 Å². The Kier molecular flexibility index (Phi) is 6.63. The maximum Gasteiger partial charge on any atom is 0.0703 e. The third-order valence-corrected chi connectivity index (χ3v) is 11.7. The number of nitrogens with zero attached hydrogens (tertiary/aromatic N) is 3. The highest BCUT2D eigenvalue weighted by atomic mass is 15.0. The molecule has 0 aliphatic rings. The molecule has 0 radical (unpaired) electrons. The van der Waals surface area contributed by atoms with Crippen LogP contribution in [0.5, 0.6) is 0 Å². The Labute approximate surface area is 322 Å². The van der Waals surface area contributed by atoms with Crippen LogP contribution in [0.2, 0.25) is 0 Å². The van der Waals surface area contributed by atoms with Crippen LogP contribution in [-0.2, 0) is 0 Å². The molecule has 56 heavy (non-hydrogen) atoms. The summed E-state index contributed by atoms with van der Waals surface area (Å²) in [7, 11) is 0. The SMILES string of the molecule is c1cc(-c2ccc3c4ccc(-c5ccc(-n6c7ccccc7c7ccccc76)cn5)cc4c4ccccc4c3c2)cc(-n2c3ccccc3c3ccccc32)c1. The summed E-state index contributed by atoms with van der Waals surface area (Å²) in [4.78, 5) is 5.05. The fourth-order valence-electron chi connectivity index (χ4n) is 9.21. The van der Waals surface area contributed by atoms with Gasteiger partial charge in [-0.3, -0.25) is 4.98 Å². The Morgan fingerprint density at radius 2 is 0.696 bits per heavy atom. The van der Waals surface area contributed by atoms with Crippen LogP contribution in [0, 0.1) is 0 Å². The lowest BCUT2D eigenvalue weighted by atomic mass is 9.91. The van der Waals surface area contributed by atoms with E-state index in [1.807, 2.05) is 6.20 Å². The van der Waals surface area contributed by atoms with Gasteiger partial charge >= 0.3 is 0 Å². The first-order chi connectivity index (χ1) is 27.8. The van der Waals surface area contributed by atoms with Crippen molar-refractivity contribution in [3.8, 4) is 33.8 Å². The van der Waals surface area contributed by atoms with E-state index in [1.54, 1.807) is 0 Å². The van der Waals surface area contributed by atoms with Gasteiger partial charge in [0.05, 0.1) is 39.6 Å². The van der Waals surface area contributed by atoms with Gasteiger partial charge in [0.15, 0.2) is 0 Å². The highest BCUT2D eigenvalue weighted by Crippen LogP contribution is 2.40. The molecule has 0 saturated carbocycles. The van der Waals surface area contributed by atoms with Gasteiger partial charge in [-0.15, -0.1) is 0 Å². The lowest BCUT2D eigenvalue weighted by Crippen LogP contribution is -1.95. The van der Waals surface area contributed by atoms with Crippen molar-refractivity contribution in [1.82, 2.24) is 14.1 Å². The van der Waals surface area contributed by atoms with Gasteiger partial charge in [0.1, 0.15) is 0 Å². The van der Waals surface area contributed by atoms with Crippen LogP contribution in [0.4, 0.5) is 0 Å². The minimum Gasteiger partial charge on any atom is -0.309 e. The molecule has 3 heterocycles. The Morgan fingerprint density at radius 1 is 0.268 bits per heavy atom. The maximum atomic E-state index is 5.05. The summed E-state index contributed by atoms with van der Waals surface area (Å²) < 4.78 is 4.71. The first-order valence-corrected chi connectivity index (χ1v) is 19.2. The standard InChI is InChI=1S/C53H33N3/c1-2-15-40-39(14-1)47-31-35(34-12-11-13-37(30-34)55-50-20-7-3-16-43(50)44-17-4-8-21-51(44)55)24-27-41(47)42-28-25-36(32-48(40)42)49-29-26-38(33-54-49)56-52-22-9-5-18-45(52)46-19-6-10-23-53(46)56/h1-33H. The minimum atomic E-state index is 0.957. The van der Waals surface area contributed by atoms with Crippen molar-refractivity contribution in [2.24, 2.45) is 0 Å². The summed E-state index contributed by atoms with van der Waals surface area (Å²) in [5, 5.41) is 12.5. The van der Waals surface area contributed by atoms with Gasteiger partial charge in [-0.25, -0.2) is 0 Å². The summed E-state index contributed by atoms with van der Waals surface area (Å²) >= 11 is 0. The summed E-state index contributed by atoms with van der Waals surface area (Å²) in [6.07, 6.45) is 2.01. The predicted molar refractivity (Wildman–Crippen MR) is 236 cm³/mol. The van der Waals surface area contributed by atoms with E-state index >= 15 is 0 Å². The molecule has 12 aromatic rings. The second-order valence-corrected chi connectivity index (χ2v) is 14.8. The fourth-order valence-corrected chi connectivity index (χ4v) is 9.21. The first-order valence-electron chi connectivity index (χ1n) is 19.2. The van der Waals surface area contributed by atoms with Crippen LogP contribution in [0.3, 0.4) is 0 Å². The number of para-hydroxylation sites is 4. The summed E-state index contributed by atoms with van der Waals surface area (Å²) in [6.45, 7) is 0. The van der Waals surface area contributed by atoms with Crippen LogP contribution in [0.1, 0.15) is 0 Å². The molecule has 3 heteroatoms. The van der Waals surface area contributed by atoms with E-state index in [0.29, 0.717) is 0 Å². The van der Waals surface area contributed by atoms with E-state index in [-0.39, 0.29) is 0 Å². The Morgan fingerprint density at radius 3 is 1.21 bits per heavy atom. The minimum absolute atomic E-state index is 0.957. The summed E-state index contributed by atoms with van der Waals surface area (Å²) in [5.74, 6) is 0. The molecule has 3 nitrogen and oxygen atoms in total. The monoisotopic (exact) mass is 711 g/mol. The van der Waals surface area contributed by atoms with E-state index in [0.717, 1.165) is 22.6 Å². The van der Waals surface area contributed by atoms with E-state index in [1.165, 1.54) is 87.1 Å². The van der Waals surface area contributed by atoms with Gasteiger partial charge in [-0.1, -0.05) is 133 Å². The molecule has 3 aromatic heterocycles. The molecule has 0 spiro atoms. The number of hydrogen-bond acceptors (Lipinski definition) is 1. The zero-order valence-electron chi connectivity index (χ0n) is 30.4. The maximum absolute atomic E-state index is 5.05. The Balaban J connectivity index is 0.964. The van der Waals surface area contributed by atoms with Crippen molar-refractivity contribution in [2.75, 3.05) is 0 Å². The van der Waals surface area contributed by atoms with Gasteiger partial charge in [0.2, 0.25) is 0 Å². The second kappa shape index (κ2) is 12.0. The largest absolute Gasteiger partial charge is 0.309 e. The molecule has 0 aliphatic carbocycles. The highest BCUT2D eigenvalue weighted by Gasteiger charge is 2.16. The molecule has 0 fully saturated rings. The molecule has 0 atom stereocenters. The Hall–Kier alpha value is -7.49. The van der Waals surface area contributed by atoms with Crippen molar-refractivity contribution < 1.29 is 0 Å². The smallest absolute Gasteiger partial charge is 0.0703 e. The molecule has 0 aliphatic heterocycles. The molecular formula is C53H33N3. The average molecular weight is 712 g/mol. The van der Waals surface area contributed by atoms with Gasteiger partial charge in [-0.2, -0.15) is 0 Å². The quantitative estimate of drug-likeness (QED) is 0.167. The molecule has 0 amide bonds. The lowest BCUT2D eigenvalue weighted by molar-refractivity contribution is 1.14. The van der Waals surface area contributed by atoms with Gasteiger partial charge in [0.25, 0.3) is 0 Å². The zero-order valence-corrected chi connectivity index (χ0v) is 30.4. The van der Waals surface area contributed by atoms with Gasteiger partial charge in [-0.05, 0) is 104 Å². The average Bonchev–Trinajstić information content (AvgIpc) is 3.79. The number of fused-ring (bicyclic) bond motifs is 12. The molecule has 0 unspecified atom stereocenters. The molecular weight excluding hydrogens is 679 g/mol. The Bertz CT molecular complexity index is 3400. The highest BCUT2D eigenvalue weighted by molar-refractivity contribution is 6.26. The predicted octanol–water partition coefficient (Wildman–Crippen LogP) is 14.1. The first kappa shape index (κ1) is 30.9. The van der Waals surface area contributed by atoms with Gasteiger partial charge < -0.3 is 9.13 Å². The number of hydrogen-bond donors (Lipinski definition) is 0. The molecule has 0 saturated heterocycles. The normalized spacial score (nSPS) is 11.9. The fraction of sp³-hybridized carbons (Fsp3) is 0. The van der Waals surface area contributed by atoms with Crippen molar-refractivity contribution in [2.45, 2.75) is 0 Å². The van der Waals surface area contributed by atoms with Gasteiger partial charge in [0, 0.05) is 32.8 Å². The topological polar surface area (TPSA) is 22.8 Å². The van der Waals surface area contributed by atoms with Crippen molar-refractivity contribution >= 4 is 75.9 Å². The zero-order chi connectivity index (χ0) is 36.7. The number of benzene rings is 9. The number of aromatic nitrogens is 3.